The van der Waals surface area contributed by atoms with Gasteiger partial charge in [0.1, 0.15) is 6.04 Å². The van der Waals surface area contributed by atoms with Gasteiger partial charge in [-0.2, -0.15) is 5.10 Å². The number of nitrogens with zero attached hydrogens (tertiary/aromatic N) is 3. The summed E-state index contributed by atoms with van der Waals surface area (Å²) in [5, 5.41) is 9.91. The summed E-state index contributed by atoms with van der Waals surface area (Å²) >= 11 is 0. The lowest BCUT2D eigenvalue weighted by Gasteiger charge is -2.15. The molecule has 1 saturated heterocycles. The van der Waals surface area contributed by atoms with Gasteiger partial charge in [-0.25, -0.2) is 0 Å². The number of aromatic nitrogens is 2. The molecule has 1 fully saturated rings. The first-order chi connectivity index (χ1) is 15.1. The minimum absolute atomic E-state index is 0.170. The van der Waals surface area contributed by atoms with E-state index in [1.54, 1.807) is 54.3 Å². The van der Waals surface area contributed by atoms with Crippen molar-refractivity contribution in [2.75, 3.05) is 23.7 Å². The molecule has 2 heterocycles. The van der Waals surface area contributed by atoms with Gasteiger partial charge in [0.05, 0.1) is 0 Å². The van der Waals surface area contributed by atoms with Crippen molar-refractivity contribution in [1.29, 1.82) is 0 Å². The number of hydrogen-bond acceptors (Lipinski definition) is 4. The van der Waals surface area contributed by atoms with Gasteiger partial charge in [-0.05, 0) is 74.8 Å². The standard InChI is InChI=1S/C24H27N5O2/c1-18(29-14-6-11-25-29)23(30)26-21-9-5-10-22(16-21)27-24(31)20-8-4-7-19(15-20)17-28-12-2-3-13-28/h4-11,14-16,18H,2-3,12-13,17H2,1H3,(H,26,30)(H,27,31). The predicted octanol–water partition coefficient (Wildman–Crippen LogP) is 3.93. The Kier molecular flexibility index (Phi) is 6.43. The van der Waals surface area contributed by atoms with E-state index in [-0.39, 0.29) is 11.8 Å². The number of hydrogen-bond donors (Lipinski definition) is 2. The van der Waals surface area contributed by atoms with E-state index < -0.39 is 6.04 Å². The van der Waals surface area contributed by atoms with E-state index in [0.29, 0.717) is 16.9 Å². The van der Waals surface area contributed by atoms with Crippen LogP contribution in [-0.2, 0) is 11.3 Å². The van der Waals surface area contributed by atoms with Crippen molar-refractivity contribution in [1.82, 2.24) is 14.7 Å². The average molecular weight is 418 g/mol. The van der Waals surface area contributed by atoms with Crippen LogP contribution in [-0.4, -0.2) is 39.6 Å². The summed E-state index contributed by atoms with van der Waals surface area (Å²) in [5.74, 6) is -0.349. The van der Waals surface area contributed by atoms with Crippen molar-refractivity contribution in [3.8, 4) is 0 Å². The molecule has 1 unspecified atom stereocenters. The van der Waals surface area contributed by atoms with E-state index in [4.69, 9.17) is 0 Å². The Morgan fingerprint density at radius 1 is 1.00 bits per heavy atom. The number of amides is 2. The molecule has 7 heteroatoms. The summed E-state index contributed by atoms with van der Waals surface area (Å²) in [5.41, 5.74) is 3.01. The molecule has 1 atom stereocenters. The summed E-state index contributed by atoms with van der Waals surface area (Å²) in [6.07, 6.45) is 5.88. The van der Waals surface area contributed by atoms with E-state index in [1.165, 1.54) is 12.8 Å². The zero-order chi connectivity index (χ0) is 21.6. The first-order valence-corrected chi connectivity index (χ1v) is 10.6. The fourth-order valence-electron chi connectivity index (χ4n) is 3.76. The Morgan fingerprint density at radius 3 is 2.48 bits per heavy atom. The summed E-state index contributed by atoms with van der Waals surface area (Å²) < 4.78 is 1.59. The van der Waals surface area contributed by atoms with Crippen LogP contribution in [0.1, 0.15) is 41.7 Å². The summed E-state index contributed by atoms with van der Waals surface area (Å²) in [6.45, 7) is 4.89. The summed E-state index contributed by atoms with van der Waals surface area (Å²) in [4.78, 5) is 27.7. The second kappa shape index (κ2) is 9.57. The SMILES string of the molecule is CC(C(=O)Nc1cccc(NC(=O)c2cccc(CN3CCCC3)c2)c1)n1cccn1. The highest BCUT2D eigenvalue weighted by Crippen LogP contribution is 2.19. The smallest absolute Gasteiger partial charge is 0.255 e. The molecular weight excluding hydrogens is 390 g/mol. The number of carbonyl (C=O) groups excluding carboxylic acids is 2. The number of benzene rings is 2. The first kappa shape index (κ1) is 20.8. The Labute approximate surface area is 182 Å². The Morgan fingerprint density at radius 2 is 1.74 bits per heavy atom. The van der Waals surface area contributed by atoms with E-state index in [1.807, 2.05) is 18.2 Å². The van der Waals surface area contributed by atoms with Crippen molar-refractivity contribution in [2.45, 2.75) is 32.4 Å². The Hall–Kier alpha value is -3.45. The van der Waals surface area contributed by atoms with Crippen LogP contribution in [0, 0.1) is 0 Å². The Balaban J connectivity index is 1.39. The van der Waals surface area contributed by atoms with Gasteiger partial charge in [-0.1, -0.05) is 18.2 Å². The van der Waals surface area contributed by atoms with E-state index in [2.05, 4.69) is 26.7 Å². The number of rotatable bonds is 7. The molecule has 2 N–H and O–H groups in total. The van der Waals surface area contributed by atoms with Crippen LogP contribution in [0.5, 0.6) is 0 Å². The number of nitrogens with one attached hydrogen (secondary N) is 2. The molecule has 0 saturated carbocycles. The maximum atomic E-state index is 12.8. The molecule has 7 nitrogen and oxygen atoms in total. The zero-order valence-corrected chi connectivity index (χ0v) is 17.6. The minimum atomic E-state index is -0.438. The van der Waals surface area contributed by atoms with Gasteiger partial charge in [0.25, 0.3) is 5.91 Å². The fourth-order valence-corrected chi connectivity index (χ4v) is 3.76. The van der Waals surface area contributed by atoms with Gasteiger partial charge < -0.3 is 10.6 Å². The molecule has 4 rings (SSSR count). The highest BCUT2D eigenvalue weighted by molar-refractivity contribution is 6.04. The van der Waals surface area contributed by atoms with Crippen LogP contribution in [0.15, 0.2) is 67.0 Å². The molecule has 0 bridgehead atoms. The summed E-state index contributed by atoms with van der Waals surface area (Å²) in [6, 6.07) is 16.2. The van der Waals surface area contributed by atoms with Gasteiger partial charge in [0, 0.05) is 35.9 Å². The third-order valence-corrected chi connectivity index (χ3v) is 5.48. The van der Waals surface area contributed by atoms with Crippen LogP contribution in [0.4, 0.5) is 11.4 Å². The molecule has 1 aliphatic rings. The molecule has 2 amide bonds. The quantitative estimate of drug-likeness (QED) is 0.610. The van der Waals surface area contributed by atoms with Crippen molar-refractivity contribution < 1.29 is 9.59 Å². The third kappa shape index (κ3) is 5.38. The van der Waals surface area contributed by atoms with Crippen LogP contribution in [0.3, 0.4) is 0 Å². The van der Waals surface area contributed by atoms with Gasteiger partial charge in [0.15, 0.2) is 0 Å². The lowest BCUT2D eigenvalue weighted by atomic mass is 10.1. The molecule has 2 aromatic carbocycles. The molecule has 1 aliphatic heterocycles. The molecule has 0 spiro atoms. The largest absolute Gasteiger partial charge is 0.324 e. The maximum absolute atomic E-state index is 12.8. The maximum Gasteiger partial charge on any atom is 0.255 e. The van der Waals surface area contributed by atoms with Crippen molar-refractivity contribution in [2.24, 2.45) is 0 Å². The number of carbonyl (C=O) groups is 2. The van der Waals surface area contributed by atoms with Gasteiger partial charge >= 0.3 is 0 Å². The van der Waals surface area contributed by atoms with Gasteiger partial charge in [-0.3, -0.25) is 19.2 Å². The van der Waals surface area contributed by atoms with Crippen molar-refractivity contribution in [3.05, 3.63) is 78.1 Å². The van der Waals surface area contributed by atoms with Gasteiger partial charge in [-0.15, -0.1) is 0 Å². The van der Waals surface area contributed by atoms with Crippen molar-refractivity contribution >= 4 is 23.2 Å². The average Bonchev–Trinajstić information content (AvgIpc) is 3.48. The molecule has 0 radical (unpaired) electrons. The number of anilines is 2. The lowest BCUT2D eigenvalue weighted by Crippen LogP contribution is -2.24. The van der Waals surface area contributed by atoms with E-state index in [9.17, 15) is 9.59 Å². The zero-order valence-electron chi connectivity index (χ0n) is 17.6. The van der Waals surface area contributed by atoms with Crippen LogP contribution in [0.2, 0.25) is 0 Å². The van der Waals surface area contributed by atoms with Gasteiger partial charge in [0.2, 0.25) is 5.91 Å². The minimum Gasteiger partial charge on any atom is -0.324 e. The van der Waals surface area contributed by atoms with E-state index >= 15 is 0 Å². The molecule has 3 aromatic rings. The predicted molar refractivity (Wildman–Crippen MR) is 121 cm³/mol. The molecule has 1 aromatic heterocycles. The highest BCUT2D eigenvalue weighted by Gasteiger charge is 2.16. The second-order valence-corrected chi connectivity index (χ2v) is 7.87. The number of likely N-dealkylation sites (tertiary alicyclic amines) is 1. The lowest BCUT2D eigenvalue weighted by molar-refractivity contribution is -0.119. The highest BCUT2D eigenvalue weighted by atomic mass is 16.2. The van der Waals surface area contributed by atoms with Crippen LogP contribution < -0.4 is 10.6 Å². The molecule has 160 valence electrons. The molecule has 31 heavy (non-hydrogen) atoms. The molecular formula is C24H27N5O2. The Bertz CT molecular complexity index is 1040. The molecule has 0 aliphatic carbocycles. The topological polar surface area (TPSA) is 79.3 Å². The second-order valence-electron chi connectivity index (χ2n) is 7.87. The van der Waals surface area contributed by atoms with Crippen LogP contribution >= 0.6 is 0 Å². The third-order valence-electron chi connectivity index (χ3n) is 5.48. The van der Waals surface area contributed by atoms with Crippen LogP contribution in [0.25, 0.3) is 0 Å². The monoisotopic (exact) mass is 417 g/mol. The first-order valence-electron chi connectivity index (χ1n) is 10.6. The fraction of sp³-hybridized carbons (Fsp3) is 0.292. The van der Waals surface area contributed by atoms with E-state index in [0.717, 1.165) is 25.2 Å². The normalized spacial score (nSPS) is 14.9. The van der Waals surface area contributed by atoms with Crippen molar-refractivity contribution in [3.63, 3.8) is 0 Å². The summed E-state index contributed by atoms with van der Waals surface area (Å²) in [7, 11) is 0.